The van der Waals surface area contributed by atoms with Crippen LogP contribution in [0.4, 0.5) is 20.6 Å². The highest BCUT2D eigenvalue weighted by atomic mass is 32.1. The summed E-state index contributed by atoms with van der Waals surface area (Å²) >= 11 is 1.64. The third-order valence-corrected chi connectivity index (χ3v) is 3.53. The molecule has 1 heterocycles. The van der Waals surface area contributed by atoms with Crippen LogP contribution in [0.3, 0.4) is 0 Å². The largest absolute Gasteiger partial charge is 0.444 e. The highest BCUT2D eigenvalue weighted by Gasteiger charge is 2.17. The van der Waals surface area contributed by atoms with E-state index in [-0.39, 0.29) is 5.69 Å². The lowest BCUT2D eigenvalue weighted by Crippen LogP contribution is -2.27. The highest BCUT2D eigenvalue weighted by Crippen LogP contribution is 2.21. The average Bonchev–Trinajstić information content (AvgIpc) is 2.90. The predicted molar refractivity (Wildman–Crippen MR) is 87.9 cm³/mol. The molecular weight excluding hydrogens is 303 g/mol. The summed E-state index contributed by atoms with van der Waals surface area (Å²) in [5, 5.41) is 7.61. The Morgan fingerprint density at radius 1 is 1.32 bits per heavy atom. The zero-order valence-corrected chi connectivity index (χ0v) is 13.6. The maximum Gasteiger partial charge on any atom is 0.412 e. The van der Waals surface area contributed by atoms with Crippen LogP contribution in [-0.4, -0.2) is 11.7 Å². The maximum absolute atomic E-state index is 13.8. The van der Waals surface area contributed by atoms with E-state index >= 15 is 0 Å². The first-order chi connectivity index (χ1) is 10.3. The second-order valence-electron chi connectivity index (χ2n) is 5.75. The fraction of sp³-hybridized carbons (Fsp3) is 0.312. The molecule has 4 nitrogen and oxygen atoms in total. The van der Waals surface area contributed by atoms with Crippen molar-refractivity contribution in [1.82, 2.24) is 0 Å². The first kappa shape index (κ1) is 16.3. The summed E-state index contributed by atoms with van der Waals surface area (Å²) in [4.78, 5) is 12.9. The molecule has 1 amide bonds. The molecule has 0 aliphatic heterocycles. The molecule has 2 N–H and O–H groups in total. The van der Waals surface area contributed by atoms with Gasteiger partial charge in [-0.3, -0.25) is 5.32 Å². The SMILES string of the molecule is CC(C)(C)OC(=O)Nc1cc(NCc2cccs2)ccc1F. The monoisotopic (exact) mass is 322 g/mol. The number of amides is 1. The molecule has 1 aromatic heterocycles. The van der Waals surface area contributed by atoms with Crippen molar-refractivity contribution in [3.63, 3.8) is 0 Å². The van der Waals surface area contributed by atoms with Crippen molar-refractivity contribution in [2.45, 2.75) is 32.9 Å². The molecule has 0 fully saturated rings. The first-order valence-corrected chi connectivity index (χ1v) is 7.77. The number of carbonyl (C=O) groups is 1. The molecule has 6 heteroatoms. The van der Waals surface area contributed by atoms with Gasteiger partial charge in [-0.05, 0) is 50.4 Å². The molecule has 0 bridgehead atoms. The molecule has 118 valence electrons. The third kappa shape index (κ3) is 5.04. The lowest BCUT2D eigenvalue weighted by atomic mass is 10.2. The topological polar surface area (TPSA) is 50.4 Å². The molecular formula is C16H19FN2O2S. The van der Waals surface area contributed by atoms with E-state index in [1.807, 2.05) is 17.5 Å². The first-order valence-electron chi connectivity index (χ1n) is 6.89. The highest BCUT2D eigenvalue weighted by molar-refractivity contribution is 7.09. The maximum atomic E-state index is 13.8. The summed E-state index contributed by atoms with van der Waals surface area (Å²) in [5.74, 6) is -0.507. The van der Waals surface area contributed by atoms with Crippen molar-refractivity contribution in [2.24, 2.45) is 0 Å². The van der Waals surface area contributed by atoms with Crippen LogP contribution in [0.2, 0.25) is 0 Å². The van der Waals surface area contributed by atoms with E-state index in [1.165, 1.54) is 10.9 Å². The molecule has 1 aromatic carbocycles. The van der Waals surface area contributed by atoms with E-state index in [4.69, 9.17) is 4.74 Å². The van der Waals surface area contributed by atoms with Gasteiger partial charge in [0.05, 0.1) is 5.69 Å². The standard InChI is InChI=1S/C16H19FN2O2S/c1-16(2,3)21-15(20)19-14-9-11(6-7-13(14)17)18-10-12-5-4-8-22-12/h4-9,18H,10H2,1-3H3,(H,19,20). The number of anilines is 2. The minimum atomic E-state index is -0.679. The van der Waals surface area contributed by atoms with E-state index < -0.39 is 17.5 Å². The van der Waals surface area contributed by atoms with Crippen molar-refractivity contribution in [1.29, 1.82) is 0 Å². The molecule has 0 aliphatic carbocycles. The van der Waals surface area contributed by atoms with E-state index in [0.717, 1.165) is 5.69 Å². The van der Waals surface area contributed by atoms with E-state index in [2.05, 4.69) is 10.6 Å². The Morgan fingerprint density at radius 2 is 2.09 bits per heavy atom. The van der Waals surface area contributed by atoms with Gasteiger partial charge in [-0.25, -0.2) is 9.18 Å². The van der Waals surface area contributed by atoms with Crippen LogP contribution in [0.1, 0.15) is 25.6 Å². The van der Waals surface area contributed by atoms with E-state index in [9.17, 15) is 9.18 Å². The van der Waals surface area contributed by atoms with Crippen LogP contribution < -0.4 is 10.6 Å². The number of rotatable bonds is 4. The zero-order chi connectivity index (χ0) is 16.2. The van der Waals surface area contributed by atoms with Crippen molar-refractivity contribution in [3.05, 3.63) is 46.4 Å². The Bertz CT molecular complexity index is 636. The van der Waals surface area contributed by atoms with Gasteiger partial charge in [-0.15, -0.1) is 11.3 Å². The summed E-state index contributed by atoms with van der Waals surface area (Å²) in [6.45, 7) is 5.90. The second-order valence-corrected chi connectivity index (χ2v) is 6.79. The third-order valence-electron chi connectivity index (χ3n) is 2.65. The number of benzene rings is 1. The summed E-state index contributed by atoms with van der Waals surface area (Å²) < 4.78 is 18.9. The Morgan fingerprint density at radius 3 is 2.73 bits per heavy atom. The van der Waals surface area contributed by atoms with Crippen molar-refractivity contribution >= 4 is 28.8 Å². The van der Waals surface area contributed by atoms with Crippen LogP contribution in [0, 0.1) is 5.82 Å². The molecule has 0 radical (unpaired) electrons. The average molecular weight is 322 g/mol. The second kappa shape index (κ2) is 6.79. The van der Waals surface area contributed by atoms with Crippen LogP contribution in [0.5, 0.6) is 0 Å². The summed E-state index contributed by atoms with van der Waals surface area (Å²) in [5.41, 5.74) is 0.182. The number of nitrogens with one attached hydrogen (secondary N) is 2. The van der Waals surface area contributed by atoms with Crippen LogP contribution >= 0.6 is 11.3 Å². The van der Waals surface area contributed by atoms with Gasteiger partial charge >= 0.3 is 6.09 Å². The molecule has 2 aromatic rings. The summed E-state index contributed by atoms with van der Waals surface area (Å²) in [7, 11) is 0. The fourth-order valence-electron chi connectivity index (χ4n) is 1.75. The van der Waals surface area contributed by atoms with Gasteiger partial charge in [0.1, 0.15) is 11.4 Å². The summed E-state index contributed by atoms with van der Waals surface area (Å²) in [6.07, 6.45) is -0.679. The molecule has 0 saturated carbocycles. The molecule has 0 spiro atoms. The quantitative estimate of drug-likeness (QED) is 0.846. The summed E-state index contributed by atoms with van der Waals surface area (Å²) in [6, 6.07) is 8.47. The lowest BCUT2D eigenvalue weighted by molar-refractivity contribution is 0.0635. The van der Waals surface area contributed by atoms with Crippen LogP contribution in [0.25, 0.3) is 0 Å². The van der Waals surface area contributed by atoms with Gasteiger partial charge in [0.2, 0.25) is 0 Å². The Hall–Kier alpha value is -2.08. The Balaban J connectivity index is 2.01. The number of hydrogen-bond donors (Lipinski definition) is 2. The minimum absolute atomic E-state index is 0.0884. The van der Waals surface area contributed by atoms with Gasteiger partial charge in [0, 0.05) is 17.1 Å². The number of carbonyl (C=O) groups excluding carboxylic acids is 1. The molecule has 0 saturated heterocycles. The van der Waals surface area contributed by atoms with Gasteiger partial charge in [-0.1, -0.05) is 6.07 Å². The number of halogens is 1. The number of hydrogen-bond acceptors (Lipinski definition) is 4. The van der Waals surface area contributed by atoms with Crippen molar-refractivity contribution < 1.29 is 13.9 Å². The Labute approximate surface area is 133 Å². The van der Waals surface area contributed by atoms with Gasteiger partial charge in [-0.2, -0.15) is 0 Å². The zero-order valence-electron chi connectivity index (χ0n) is 12.8. The Kier molecular flexibility index (Phi) is 5.03. The van der Waals surface area contributed by atoms with Crippen LogP contribution in [-0.2, 0) is 11.3 Å². The minimum Gasteiger partial charge on any atom is -0.444 e. The molecule has 0 unspecified atom stereocenters. The normalized spacial score (nSPS) is 11.1. The van der Waals surface area contributed by atoms with Crippen molar-refractivity contribution in [3.8, 4) is 0 Å². The lowest BCUT2D eigenvalue weighted by Gasteiger charge is -2.20. The van der Waals surface area contributed by atoms with E-state index in [0.29, 0.717) is 6.54 Å². The molecule has 2 rings (SSSR count). The number of ether oxygens (including phenoxy) is 1. The number of thiophene rings is 1. The van der Waals surface area contributed by atoms with E-state index in [1.54, 1.807) is 44.2 Å². The van der Waals surface area contributed by atoms with Crippen molar-refractivity contribution in [2.75, 3.05) is 10.6 Å². The predicted octanol–water partition coefficient (Wildman–Crippen LogP) is 4.85. The molecule has 22 heavy (non-hydrogen) atoms. The molecule has 0 atom stereocenters. The smallest absolute Gasteiger partial charge is 0.412 e. The van der Waals surface area contributed by atoms with Gasteiger partial charge < -0.3 is 10.1 Å². The molecule has 0 aliphatic rings. The fourth-order valence-corrected chi connectivity index (χ4v) is 2.39. The van der Waals surface area contributed by atoms with Crippen LogP contribution in [0.15, 0.2) is 35.7 Å². The van der Waals surface area contributed by atoms with Gasteiger partial charge in [0.25, 0.3) is 0 Å². The van der Waals surface area contributed by atoms with Gasteiger partial charge in [0.15, 0.2) is 0 Å².